The Hall–Kier alpha value is -1.46. The molecule has 0 saturated carbocycles. The number of rotatable bonds is 7. The predicted molar refractivity (Wildman–Crippen MR) is 138 cm³/mol. The van der Waals surface area contributed by atoms with E-state index in [4.69, 9.17) is 0 Å². The van der Waals surface area contributed by atoms with Gasteiger partial charge in [-0.3, -0.25) is 0 Å². The van der Waals surface area contributed by atoms with Crippen molar-refractivity contribution in [1.82, 2.24) is 0 Å². The minimum atomic E-state index is -4.85. The summed E-state index contributed by atoms with van der Waals surface area (Å²) in [6.07, 6.45) is -9.71. The molecule has 194 valence electrons. The van der Waals surface area contributed by atoms with Crippen LogP contribution in [0.2, 0.25) is 0 Å². The van der Waals surface area contributed by atoms with Crippen LogP contribution in [0.3, 0.4) is 0 Å². The lowest BCUT2D eigenvalue weighted by Gasteiger charge is -2.27. The van der Waals surface area contributed by atoms with Gasteiger partial charge in [0.2, 0.25) is 0 Å². The summed E-state index contributed by atoms with van der Waals surface area (Å²) in [6, 6.07) is 6.20. The van der Waals surface area contributed by atoms with Crippen molar-refractivity contribution in [1.29, 1.82) is 0 Å². The van der Waals surface area contributed by atoms with Crippen LogP contribution in [-0.2, 0) is 12.4 Å². The lowest BCUT2D eigenvalue weighted by atomic mass is 9.89. The van der Waals surface area contributed by atoms with Gasteiger partial charge >= 0.3 is 12.4 Å². The normalized spacial score (nSPS) is 13.6. The number of alkyl halides is 6. The molecule has 35 heavy (non-hydrogen) atoms. The summed E-state index contributed by atoms with van der Waals surface area (Å²) in [7, 11) is 0.293. The van der Waals surface area contributed by atoms with E-state index < -0.39 is 28.2 Å². The zero-order chi connectivity index (χ0) is 26.9. The highest BCUT2D eigenvalue weighted by Crippen LogP contribution is 2.43. The van der Waals surface area contributed by atoms with Crippen molar-refractivity contribution in [3.8, 4) is 0 Å². The highest BCUT2D eigenvalue weighted by atomic mass is 32.2. The highest BCUT2D eigenvalue weighted by molar-refractivity contribution is 8.01. The third-order valence-corrected chi connectivity index (χ3v) is 8.37. The Kier molecular flexibility index (Phi) is 9.26. The lowest BCUT2D eigenvalue weighted by molar-refractivity contribution is -0.142. The fourth-order valence-corrected chi connectivity index (χ4v) is 6.15. The van der Waals surface area contributed by atoms with Gasteiger partial charge in [0.25, 0.3) is 0 Å². The first kappa shape index (κ1) is 29.8. The van der Waals surface area contributed by atoms with Gasteiger partial charge in [0.15, 0.2) is 0 Å². The van der Waals surface area contributed by atoms with Crippen LogP contribution in [0.15, 0.2) is 35.2 Å². The van der Waals surface area contributed by atoms with Crippen molar-refractivity contribution < 1.29 is 26.3 Å². The number of hydrogen-bond acceptors (Lipinski definition) is 1. The topological polar surface area (TPSA) is 0 Å². The van der Waals surface area contributed by atoms with E-state index in [-0.39, 0.29) is 23.2 Å². The predicted octanol–water partition coefficient (Wildman–Crippen LogP) is 10.0. The van der Waals surface area contributed by atoms with E-state index in [0.29, 0.717) is 14.1 Å². The van der Waals surface area contributed by atoms with Crippen LogP contribution >= 0.6 is 20.0 Å². The van der Waals surface area contributed by atoms with Crippen LogP contribution in [0.1, 0.15) is 101 Å². The SMILES string of the molecule is CC(C)c1cc(C(C)C)c(SC(C)(C)C=Pc2cc(C(F)(F)F)cc(C(F)(F)F)c2)c(C(C)C)c1. The van der Waals surface area contributed by atoms with Crippen LogP contribution in [0, 0.1) is 0 Å². The average Bonchev–Trinajstić information content (AvgIpc) is 2.70. The number of halogens is 6. The van der Waals surface area contributed by atoms with E-state index in [9.17, 15) is 26.3 Å². The Labute approximate surface area is 210 Å². The monoisotopic (exact) mass is 534 g/mol. The summed E-state index contributed by atoms with van der Waals surface area (Å²) in [6.45, 7) is 16.7. The van der Waals surface area contributed by atoms with Gasteiger partial charge in [-0.25, -0.2) is 0 Å². The van der Waals surface area contributed by atoms with Crippen molar-refractivity contribution in [2.75, 3.05) is 0 Å². The molecule has 2 rings (SSSR count). The van der Waals surface area contributed by atoms with Crippen LogP contribution in [0.5, 0.6) is 0 Å². The molecule has 0 N–H and O–H groups in total. The van der Waals surface area contributed by atoms with Crippen molar-refractivity contribution >= 4 is 31.1 Å². The number of thioether (sulfide) groups is 1. The Morgan fingerprint density at radius 2 is 1.11 bits per heavy atom. The van der Waals surface area contributed by atoms with E-state index in [2.05, 4.69) is 53.7 Å². The first-order valence-electron chi connectivity index (χ1n) is 11.5. The van der Waals surface area contributed by atoms with Crippen LogP contribution < -0.4 is 5.30 Å². The van der Waals surface area contributed by atoms with Gasteiger partial charge in [-0.05, 0) is 72.3 Å². The molecule has 0 fully saturated rings. The van der Waals surface area contributed by atoms with Gasteiger partial charge in [0.1, 0.15) is 0 Å². The first-order valence-corrected chi connectivity index (χ1v) is 13.3. The third kappa shape index (κ3) is 8.01. The van der Waals surface area contributed by atoms with E-state index in [1.165, 1.54) is 16.7 Å². The molecule has 0 nitrogen and oxygen atoms in total. The van der Waals surface area contributed by atoms with E-state index in [1.807, 2.05) is 13.8 Å². The summed E-state index contributed by atoms with van der Waals surface area (Å²) >= 11 is 1.61. The molecule has 0 aliphatic rings. The summed E-state index contributed by atoms with van der Waals surface area (Å²) in [5.41, 5.74) is 1.09. The molecular weight excluding hydrogens is 501 g/mol. The second-order valence-corrected chi connectivity index (χ2v) is 12.9. The average molecular weight is 535 g/mol. The molecule has 0 heterocycles. The van der Waals surface area contributed by atoms with Gasteiger partial charge in [-0.1, -0.05) is 61.9 Å². The minimum Gasteiger partial charge on any atom is -0.166 e. The van der Waals surface area contributed by atoms with Crippen molar-refractivity contribution in [3.63, 3.8) is 0 Å². The molecular formula is C27H33F6PS. The maximum Gasteiger partial charge on any atom is 0.416 e. The van der Waals surface area contributed by atoms with Crippen LogP contribution in [-0.4, -0.2) is 10.5 Å². The van der Waals surface area contributed by atoms with Gasteiger partial charge in [-0.2, -0.15) is 26.3 Å². The van der Waals surface area contributed by atoms with Gasteiger partial charge in [-0.15, -0.1) is 11.8 Å². The Morgan fingerprint density at radius 3 is 1.46 bits per heavy atom. The zero-order valence-electron chi connectivity index (χ0n) is 21.3. The second kappa shape index (κ2) is 10.9. The zero-order valence-corrected chi connectivity index (χ0v) is 23.0. The summed E-state index contributed by atoms with van der Waals surface area (Å²) < 4.78 is 78.9. The van der Waals surface area contributed by atoms with Gasteiger partial charge in [0.05, 0.1) is 11.1 Å². The number of benzene rings is 2. The lowest BCUT2D eigenvalue weighted by Crippen LogP contribution is -2.18. The fraction of sp³-hybridized carbons (Fsp3) is 0.519. The molecule has 0 spiro atoms. The highest BCUT2D eigenvalue weighted by Gasteiger charge is 2.37. The molecule has 0 aromatic heterocycles. The minimum absolute atomic E-state index is 0.0378. The molecule has 0 aliphatic carbocycles. The smallest absolute Gasteiger partial charge is 0.166 e. The summed E-state index contributed by atoms with van der Waals surface area (Å²) in [4.78, 5) is 1.14. The summed E-state index contributed by atoms with van der Waals surface area (Å²) in [5, 5.41) is -0.0378. The Morgan fingerprint density at radius 1 is 0.686 bits per heavy atom. The van der Waals surface area contributed by atoms with Crippen molar-refractivity contribution in [2.24, 2.45) is 0 Å². The van der Waals surface area contributed by atoms with Crippen LogP contribution in [0.25, 0.3) is 0 Å². The maximum atomic E-state index is 13.2. The fourth-order valence-electron chi connectivity index (χ4n) is 3.54. The molecule has 8 heteroatoms. The molecule has 2 aromatic carbocycles. The largest absolute Gasteiger partial charge is 0.416 e. The Balaban J connectivity index is 2.54. The van der Waals surface area contributed by atoms with Gasteiger partial charge < -0.3 is 0 Å². The standard InChI is InChI=1S/C27H33F6PS/c1-15(2)18-9-22(16(3)4)24(23(10-18)17(5)6)35-25(7,8)14-34-21-12-19(26(28,29)30)11-20(13-21)27(31,32)33/h9-17H,1-8H3. The second-order valence-electron chi connectivity index (χ2n) is 10.2. The van der Waals surface area contributed by atoms with Crippen molar-refractivity contribution in [3.05, 3.63) is 58.1 Å². The van der Waals surface area contributed by atoms with Crippen molar-refractivity contribution in [2.45, 2.75) is 95.1 Å². The maximum absolute atomic E-state index is 13.2. The Bertz CT molecular complexity index is 1000. The van der Waals surface area contributed by atoms with Gasteiger partial charge in [0, 0.05) is 14.9 Å². The quantitative estimate of drug-likeness (QED) is 0.193. The molecule has 0 bridgehead atoms. The van der Waals surface area contributed by atoms with E-state index >= 15 is 0 Å². The first-order chi connectivity index (χ1) is 15.8. The molecule has 0 amide bonds. The summed E-state index contributed by atoms with van der Waals surface area (Å²) in [5.74, 6) is 2.67. The molecule has 0 saturated heterocycles. The number of hydrogen-bond donors (Lipinski definition) is 0. The molecule has 0 aliphatic heterocycles. The molecule has 0 radical (unpaired) electrons. The molecule has 0 atom stereocenters. The van der Waals surface area contributed by atoms with E-state index in [0.717, 1.165) is 17.0 Å². The van der Waals surface area contributed by atoms with E-state index in [1.54, 1.807) is 17.6 Å². The van der Waals surface area contributed by atoms with Crippen LogP contribution in [0.4, 0.5) is 26.3 Å². The molecule has 0 unspecified atom stereocenters. The molecule has 2 aromatic rings. The third-order valence-electron chi connectivity index (χ3n) is 5.54.